The quantitative estimate of drug-likeness (QED) is 0.357. The Morgan fingerprint density at radius 1 is 0.800 bits per heavy atom. The minimum atomic E-state index is 0.604. The Hall–Kier alpha value is -3.37. The molecule has 4 aromatic rings. The molecular weight excluding hydrogens is 372 g/mol. The second-order valence-electron chi connectivity index (χ2n) is 7.14. The van der Waals surface area contributed by atoms with E-state index in [-0.39, 0.29) is 0 Å². The smallest absolute Gasteiger partial charge is 0.118 e. The van der Waals surface area contributed by atoms with Crippen LogP contribution in [-0.2, 0) is 17.8 Å². The van der Waals surface area contributed by atoms with E-state index in [1.807, 2.05) is 48.5 Å². The highest BCUT2D eigenvalue weighted by Gasteiger charge is 2.13. The summed E-state index contributed by atoms with van der Waals surface area (Å²) in [6.07, 6.45) is 1.75. The number of aromatic nitrogens is 2. The minimum Gasteiger partial charge on any atom is -0.497 e. The van der Waals surface area contributed by atoms with Crippen molar-refractivity contribution in [2.45, 2.75) is 19.4 Å². The second-order valence-corrected chi connectivity index (χ2v) is 7.14. The van der Waals surface area contributed by atoms with E-state index in [9.17, 15) is 0 Å². The van der Waals surface area contributed by atoms with Crippen LogP contribution in [-0.4, -0.2) is 23.7 Å². The number of aromatic amines is 1. The van der Waals surface area contributed by atoms with E-state index in [4.69, 9.17) is 14.5 Å². The molecular formula is C26H26N2O2. The monoisotopic (exact) mass is 398 g/mol. The summed E-state index contributed by atoms with van der Waals surface area (Å²) in [5, 5.41) is 0. The predicted octanol–water partition coefficient (Wildman–Crippen LogP) is 5.90. The highest BCUT2D eigenvalue weighted by Crippen LogP contribution is 2.30. The van der Waals surface area contributed by atoms with E-state index < -0.39 is 0 Å². The number of benzene rings is 3. The maximum absolute atomic E-state index is 5.84. The maximum Gasteiger partial charge on any atom is 0.118 e. The first-order chi connectivity index (χ1) is 14.8. The molecule has 0 radical (unpaired) electrons. The fraction of sp³-hybridized carbons (Fsp3) is 0.192. The van der Waals surface area contributed by atoms with Gasteiger partial charge in [0.05, 0.1) is 25.1 Å². The third kappa shape index (κ3) is 4.97. The van der Waals surface area contributed by atoms with Crippen molar-refractivity contribution in [3.05, 3.63) is 96.3 Å². The third-order valence-electron chi connectivity index (χ3n) is 4.99. The van der Waals surface area contributed by atoms with E-state index >= 15 is 0 Å². The number of hydrogen-bond acceptors (Lipinski definition) is 3. The normalized spacial score (nSPS) is 10.8. The Morgan fingerprint density at radius 3 is 2.13 bits per heavy atom. The largest absolute Gasteiger partial charge is 0.497 e. The first-order valence-electron chi connectivity index (χ1n) is 10.2. The van der Waals surface area contributed by atoms with Gasteiger partial charge in [0.15, 0.2) is 0 Å². The van der Waals surface area contributed by atoms with Crippen LogP contribution in [0.2, 0.25) is 0 Å². The van der Waals surface area contributed by atoms with Gasteiger partial charge in [-0.3, -0.25) is 0 Å². The van der Waals surface area contributed by atoms with Gasteiger partial charge in [0.1, 0.15) is 11.6 Å². The molecule has 0 bridgehead atoms. The van der Waals surface area contributed by atoms with Crippen LogP contribution in [0.5, 0.6) is 5.75 Å². The van der Waals surface area contributed by atoms with Crippen molar-refractivity contribution in [2.24, 2.45) is 0 Å². The first-order valence-corrected chi connectivity index (χ1v) is 10.2. The van der Waals surface area contributed by atoms with Crippen LogP contribution in [0.4, 0.5) is 0 Å². The molecule has 0 aliphatic heterocycles. The molecule has 3 aromatic carbocycles. The molecule has 152 valence electrons. The summed E-state index contributed by atoms with van der Waals surface area (Å²) >= 11 is 0. The lowest BCUT2D eigenvalue weighted by Gasteiger charge is -2.05. The van der Waals surface area contributed by atoms with E-state index in [0.29, 0.717) is 13.2 Å². The van der Waals surface area contributed by atoms with Gasteiger partial charge >= 0.3 is 0 Å². The van der Waals surface area contributed by atoms with Gasteiger partial charge < -0.3 is 14.5 Å². The topological polar surface area (TPSA) is 47.1 Å². The minimum absolute atomic E-state index is 0.604. The molecule has 0 aliphatic rings. The summed E-state index contributed by atoms with van der Waals surface area (Å²) in [6.45, 7) is 1.29. The Balaban J connectivity index is 1.39. The summed E-state index contributed by atoms with van der Waals surface area (Å²) in [7, 11) is 1.67. The van der Waals surface area contributed by atoms with Gasteiger partial charge in [0.2, 0.25) is 0 Å². The number of aryl methyl sites for hydroxylation is 1. The van der Waals surface area contributed by atoms with Gasteiger partial charge in [-0.25, -0.2) is 4.98 Å². The first kappa shape index (κ1) is 19.9. The van der Waals surface area contributed by atoms with Gasteiger partial charge in [0, 0.05) is 24.2 Å². The summed E-state index contributed by atoms with van der Waals surface area (Å²) in [5.41, 5.74) is 5.47. The molecule has 4 nitrogen and oxygen atoms in total. The number of hydrogen-bond donors (Lipinski definition) is 1. The molecule has 4 rings (SSSR count). The molecule has 0 amide bonds. The highest BCUT2D eigenvalue weighted by atomic mass is 16.5. The van der Waals surface area contributed by atoms with Crippen molar-refractivity contribution in [1.29, 1.82) is 0 Å². The van der Waals surface area contributed by atoms with E-state index in [2.05, 4.69) is 41.4 Å². The van der Waals surface area contributed by atoms with Crippen LogP contribution in [0.1, 0.15) is 17.8 Å². The Labute approximate surface area is 177 Å². The fourth-order valence-corrected chi connectivity index (χ4v) is 3.41. The maximum atomic E-state index is 5.84. The molecule has 1 aromatic heterocycles. The zero-order chi connectivity index (χ0) is 20.6. The summed E-state index contributed by atoms with van der Waals surface area (Å²) in [4.78, 5) is 8.44. The van der Waals surface area contributed by atoms with Crippen LogP contribution in [0, 0.1) is 0 Å². The molecule has 1 N–H and O–H groups in total. The molecule has 1 heterocycles. The molecule has 0 fully saturated rings. The van der Waals surface area contributed by atoms with E-state index in [1.54, 1.807) is 7.11 Å². The average molecular weight is 399 g/mol. The van der Waals surface area contributed by atoms with Crippen molar-refractivity contribution in [3.8, 4) is 28.3 Å². The number of nitrogens with one attached hydrogen (secondary N) is 1. The van der Waals surface area contributed by atoms with E-state index in [0.717, 1.165) is 52.5 Å². The summed E-state index contributed by atoms with van der Waals surface area (Å²) in [6, 6.07) is 28.7. The predicted molar refractivity (Wildman–Crippen MR) is 120 cm³/mol. The van der Waals surface area contributed by atoms with Crippen molar-refractivity contribution in [3.63, 3.8) is 0 Å². The second kappa shape index (κ2) is 9.90. The number of nitrogens with zero attached hydrogens (tertiary/aromatic N) is 1. The van der Waals surface area contributed by atoms with Gasteiger partial charge in [-0.2, -0.15) is 0 Å². The number of methoxy groups -OCH3 is 1. The third-order valence-corrected chi connectivity index (χ3v) is 4.99. The van der Waals surface area contributed by atoms with Gasteiger partial charge in [0.25, 0.3) is 0 Å². The molecule has 0 aliphatic carbocycles. The summed E-state index contributed by atoms with van der Waals surface area (Å²) in [5.74, 6) is 1.85. The van der Waals surface area contributed by atoms with Crippen molar-refractivity contribution < 1.29 is 9.47 Å². The lowest BCUT2D eigenvalue weighted by atomic mass is 10.1. The molecule has 4 heteroatoms. The van der Waals surface area contributed by atoms with Gasteiger partial charge in [-0.15, -0.1) is 0 Å². The molecule has 0 atom stereocenters. The van der Waals surface area contributed by atoms with Crippen LogP contribution in [0.25, 0.3) is 22.5 Å². The average Bonchev–Trinajstić information content (AvgIpc) is 3.25. The Kier molecular flexibility index (Phi) is 6.58. The van der Waals surface area contributed by atoms with Crippen molar-refractivity contribution >= 4 is 0 Å². The Bertz CT molecular complexity index is 985. The zero-order valence-corrected chi connectivity index (χ0v) is 17.2. The zero-order valence-electron chi connectivity index (χ0n) is 17.2. The van der Waals surface area contributed by atoms with Crippen LogP contribution >= 0.6 is 0 Å². The SMILES string of the molecule is COc1ccc(COCCCc2nc(-c3ccccc3)c(-c3ccccc3)[nH]2)cc1. The highest BCUT2D eigenvalue weighted by molar-refractivity contribution is 5.78. The number of rotatable bonds is 9. The van der Waals surface area contributed by atoms with Crippen LogP contribution in [0.15, 0.2) is 84.9 Å². The molecule has 0 spiro atoms. The lowest BCUT2D eigenvalue weighted by Crippen LogP contribution is -1.98. The standard InChI is InChI=1S/C26H26N2O2/c1-29-23-16-14-20(15-17-23)19-30-18-8-13-24-27-25(21-9-4-2-5-10-21)26(28-24)22-11-6-3-7-12-22/h2-7,9-12,14-17H,8,13,18-19H2,1H3,(H,27,28). The molecule has 0 saturated carbocycles. The number of ether oxygens (including phenoxy) is 2. The van der Waals surface area contributed by atoms with Gasteiger partial charge in [-0.05, 0) is 24.1 Å². The van der Waals surface area contributed by atoms with Crippen LogP contribution in [0.3, 0.4) is 0 Å². The molecule has 0 unspecified atom stereocenters. The molecule has 0 saturated heterocycles. The van der Waals surface area contributed by atoms with Crippen LogP contribution < -0.4 is 4.74 Å². The fourth-order valence-electron chi connectivity index (χ4n) is 3.41. The van der Waals surface area contributed by atoms with Gasteiger partial charge in [-0.1, -0.05) is 72.8 Å². The van der Waals surface area contributed by atoms with Crippen molar-refractivity contribution in [1.82, 2.24) is 9.97 Å². The lowest BCUT2D eigenvalue weighted by molar-refractivity contribution is 0.118. The number of imidazole rings is 1. The van der Waals surface area contributed by atoms with E-state index in [1.165, 1.54) is 0 Å². The van der Waals surface area contributed by atoms with Crippen molar-refractivity contribution in [2.75, 3.05) is 13.7 Å². The summed E-state index contributed by atoms with van der Waals surface area (Å²) < 4.78 is 11.0. The molecule has 30 heavy (non-hydrogen) atoms. The number of H-pyrrole nitrogens is 1. The Morgan fingerprint density at radius 2 is 1.47 bits per heavy atom.